The molecule has 0 radical (unpaired) electrons. The molecule has 0 aliphatic carbocycles. The summed E-state index contributed by atoms with van der Waals surface area (Å²) in [5.74, 6) is -1.09. The SMILES string of the molecule is CC[C@H](C=N)C(c1ccc(Cl)cc1)C(C(=O)C(C(c1ccc(Cl)cc1)[C@@H](C=N)CC)N1CCN(c2c(-c3ccccc3)cnc3[nH]ccc23)CC1)N1CCN(c2c(-c3ccccc3)cnc3[nH]ccc23)CC1.Cl.Cl. The number of hydrogen-bond donors (Lipinski definition) is 4. The molecule has 11 nitrogen and oxygen atoms in total. The van der Waals surface area contributed by atoms with E-state index in [1.165, 1.54) is 0 Å². The number of H-pyrrole nitrogens is 2. The lowest BCUT2D eigenvalue weighted by atomic mass is 9.71. The van der Waals surface area contributed by atoms with Crippen molar-refractivity contribution in [1.29, 1.82) is 10.8 Å². The monoisotopic (exact) mass is 1070 g/mol. The van der Waals surface area contributed by atoms with E-state index in [1.807, 2.05) is 61.2 Å². The summed E-state index contributed by atoms with van der Waals surface area (Å²) in [6.45, 7) is 9.39. The third-order valence-electron chi connectivity index (χ3n) is 15.4. The first-order valence-electron chi connectivity index (χ1n) is 25.4. The molecule has 2 aliphatic heterocycles. The Morgan fingerprint density at radius 2 is 0.919 bits per heavy atom. The second-order valence-electron chi connectivity index (χ2n) is 19.2. The van der Waals surface area contributed by atoms with Crippen molar-refractivity contribution in [2.45, 2.75) is 50.6 Å². The number of carbonyl (C=O) groups excluding carboxylic acids is 1. The van der Waals surface area contributed by atoms with Crippen LogP contribution in [0.3, 0.4) is 0 Å². The van der Waals surface area contributed by atoms with E-state index in [1.54, 1.807) is 12.4 Å². The van der Waals surface area contributed by atoms with E-state index in [9.17, 15) is 0 Å². The minimum atomic E-state index is -0.622. The van der Waals surface area contributed by atoms with Gasteiger partial charge in [-0.1, -0.05) is 122 Å². The Morgan fingerprint density at radius 3 is 1.26 bits per heavy atom. The number of halogens is 4. The fourth-order valence-corrected chi connectivity index (χ4v) is 12.0. The number of carbonyl (C=O) groups is 1. The van der Waals surface area contributed by atoms with E-state index < -0.39 is 12.1 Å². The van der Waals surface area contributed by atoms with E-state index in [0.29, 0.717) is 75.2 Å². The van der Waals surface area contributed by atoms with Crippen LogP contribution in [0.2, 0.25) is 10.0 Å². The third kappa shape index (κ3) is 10.9. The van der Waals surface area contributed by atoms with E-state index in [2.05, 4.69) is 128 Å². The van der Waals surface area contributed by atoms with Crippen LogP contribution in [0, 0.1) is 22.7 Å². The highest BCUT2D eigenvalue weighted by Crippen LogP contribution is 2.43. The van der Waals surface area contributed by atoms with Gasteiger partial charge in [0.05, 0.1) is 23.5 Å². The largest absolute Gasteiger partial charge is 0.368 e. The predicted molar refractivity (Wildman–Crippen MR) is 311 cm³/mol. The summed E-state index contributed by atoms with van der Waals surface area (Å²) in [5, 5.41) is 21.3. The van der Waals surface area contributed by atoms with Gasteiger partial charge < -0.3 is 30.6 Å². The lowest BCUT2D eigenvalue weighted by Crippen LogP contribution is -2.63. The van der Waals surface area contributed by atoms with Crippen molar-refractivity contribution >= 4 is 99.7 Å². The Kier molecular flexibility index (Phi) is 18.0. The molecule has 0 saturated carbocycles. The van der Waals surface area contributed by atoms with E-state index in [0.717, 1.165) is 66.8 Å². The van der Waals surface area contributed by atoms with Gasteiger partial charge in [0.1, 0.15) is 11.3 Å². The molecule has 8 aromatic rings. The maximum atomic E-state index is 17.0. The molecular formula is C59H64Cl4N10O. The van der Waals surface area contributed by atoms with Crippen molar-refractivity contribution in [2.75, 3.05) is 62.2 Å². The van der Waals surface area contributed by atoms with Gasteiger partial charge in [-0.2, -0.15) is 0 Å². The Balaban J connectivity index is 0.00000364. The van der Waals surface area contributed by atoms with Crippen LogP contribution in [0.1, 0.15) is 49.7 Å². The molecule has 2 saturated heterocycles. The van der Waals surface area contributed by atoms with Gasteiger partial charge in [-0.15, -0.1) is 24.8 Å². The molecule has 10 rings (SSSR count). The molecular weight excluding hydrogens is 1010 g/mol. The highest BCUT2D eigenvalue weighted by molar-refractivity contribution is 6.30. The Bertz CT molecular complexity index is 2910. The quantitative estimate of drug-likeness (QED) is 0.0629. The van der Waals surface area contributed by atoms with Gasteiger partial charge in [-0.25, -0.2) is 9.97 Å². The van der Waals surface area contributed by atoms with Gasteiger partial charge in [0.25, 0.3) is 0 Å². The molecule has 0 amide bonds. The van der Waals surface area contributed by atoms with Crippen molar-refractivity contribution in [2.24, 2.45) is 11.8 Å². The summed E-state index contributed by atoms with van der Waals surface area (Å²) in [7, 11) is 0. The topological polar surface area (TPSA) is 135 Å². The van der Waals surface area contributed by atoms with Crippen molar-refractivity contribution in [1.82, 2.24) is 29.7 Å². The Hall–Kier alpha value is -6.05. The van der Waals surface area contributed by atoms with E-state index in [4.69, 9.17) is 44.0 Å². The summed E-state index contributed by atoms with van der Waals surface area (Å²) in [4.78, 5) is 43.1. The zero-order chi connectivity index (χ0) is 49.7. The predicted octanol–water partition coefficient (Wildman–Crippen LogP) is 13.1. The van der Waals surface area contributed by atoms with Crippen molar-refractivity contribution in [3.05, 3.63) is 167 Å². The molecule has 6 heterocycles. The number of piperazine rings is 2. The summed E-state index contributed by atoms with van der Waals surface area (Å²) in [6, 6.07) is 39.7. The first-order valence-corrected chi connectivity index (χ1v) is 26.1. The number of hydrogen-bond acceptors (Lipinski definition) is 9. The van der Waals surface area contributed by atoms with Crippen molar-refractivity contribution in [3.8, 4) is 22.3 Å². The number of pyridine rings is 2. The molecule has 4 unspecified atom stereocenters. The van der Waals surface area contributed by atoms with E-state index >= 15 is 4.79 Å². The summed E-state index contributed by atoms with van der Waals surface area (Å²) < 4.78 is 0. The minimum Gasteiger partial charge on any atom is -0.368 e. The first-order chi connectivity index (χ1) is 35.3. The molecule has 74 heavy (non-hydrogen) atoms. The number of Topliss-reactive ketones (excluding diaryl/α,β-unsaturated/α-hetero) is 1. The Morgan fingerprint density at radius 1 is 0.554 bits per heavy atom. The normalized spacial score (nSPS) is 16.9. The van der Waals surface area contributed by atoms with Crippen LogP contribution < -0.4 is 9.80 Å². The van der Waals surface area contributed by atoms with Crippen molar-refractivity contribution in [3.63, 3.8) is 0 Å². The Labute approximate surface area is 456 Å². The summed E-state index contributed by atoms with van der Waals surface area (Å²) >= 11 is 13.2. The molecule has 15 heteroatoms. The molecule has 4 aromatic heterocycles. The summed E-state index contributed by atoms with van der Waals surface area (Å²) in [5.41, 5.74) is 10.2. The third-order valence-corrected chi connectivity index (χ3v) is 15.9. The number of nitrogens with one attached hydrogen (secondary N) is 4. The average Bonchev–Trinajstić information content (AvgIpc) is 4.13. The van der Waals surface area contributed by atoms with Gasteiger partial charge in [0.2, 0.25) is 0 Å². The second-order valence-corrected chi connectivity index (χ2v) is 20.1. The van der Waals surface area contributed by atoms with Gasteiger partial charge in [-0.3, -0.25) is 14.6 Å². The van der Waals surface area contributed by atoms with Crippen LogP contribution in [0.15, 0.2) is 146 Å². The smallest absolute Gasteiger partial charge is 0.168 e. The molecule has 6 atom stereocenters. The maximum absolute atomic E-state index is 17.0. The van der Waals surface area contributed by atoms with Crippen LogP contribution in [-0.4, -0.2) is 112 Å². The number of rotatable bonds is 18. The fourth-order valence-electron chi connectivity index (χ4n) is 11.8. The number of fused-ring (bicyclic) bond motifs is 2. The lowest BCUT2D eigenvalue weighted by Gasteiger charge is -2.49. The van der Waals surface area contributed by atoms with Crippen LogP contribution in [-0.2, 0) is 4.79 Å². The molecule has 0 spiro atoms. The van der Waals surface area contributed by atoms with Gasteiger partial charge in [0.15, 0.2) is 5.78 Å². The van der Waals surface area contributed by atoms with E-state index in [-0.39, 0.29) is 54.3 Å². The number of aromatic amines is 2. The average molecular weight is 1070 g/mol. The molecule has 4 aromatic carbocycles. The minimum absolute atomic E-state index is 0. The van der Waals surface area contributed by atoms with Crippen LogP contribution in [0.25, 0.3) is 44.3 Å². The highest BCUT2D eigenvalue weighted by Gasteiger charge is 2.48. The number of benzene rings is 4. The molecule has 2 aliphatic rings. The fraction of sp³-hybridized carbons (Fsp3) is 0.305. The molecule has 384 valence electrons. The molecule has 4 N–H and O–H groups in total. The second kappa shape index (κ2) is 24.5. The van der Waals surface area contributed by atoms with Crippen LogP contribution in [0.5, 0.6) is 0 Å². The van der Waals surface area contributed by atoms with Crippen molar-refractivity contribution < 1.29 is 4.79 Å². The number of ketones is 1. The lowest BCUT2D eigenvalue weighted by molar-refractivity contribution is -0.132. The zero-order valence-electron chi connectivity index (χ0n) is 41.7. The van der Waals surface area contributed by atoms with Crippen LogP contribution >= 0.6 is 48.0 Å². The molecule has 0 bridgehead atoms. The highest BCUT2D eigenvalue weighted by atomic mass is 35.5. The number of aromatic nitrogens is 4. The van der Waals surface area contributed by atoms with Gasteiger partial charge >= 0.3 is 0 Å². The van der Waals surface area contributed by atoms with Gasteiger partial charge in [-0.05, 0) is 83.9 Å². The zero-order valence-corrected chi connectivity index (χ0v) is 44.9. The number of anilines is 2. The standard InChI is InChI=1S/C59H62Cl2N10O.2ClH/c1-3-39(35-62)51(43-15-19-45(60)20-16-43)55(70-31-27-68(28-32-70)53-47-23-25-64-58(47)66-37-49(53)41-11-7-5-8-12-41)57(72)56(52(40(4-2)36-63)44-17-21-46(61)22-18-44)71-33-29-69(30-34-71)54-48-24-26-65-59(48)67-38-50(54)42-13-9-6-10-14-42;;/h5-26,35-40,51-52,55-56,62-63H,3-4,27-34H2,1-2H3,(H,64,66)(H,65,67);2*1H/t39-,40-,51?,52?,55?,56?;;/m1../s1. The van der Waals surface area contributed by atoms with Gasteiger partial charge in [0, 0.05) is 133 Å². The molecule has 2 fully saturated rings. The summed E-state index contributed by atoms with van der Waals surface area (Å²) in [6.07, 6.45) is 12.3. The first kappa shape index (κ1) is 54.2. The maximum Gasteiger partial charge on any atom is 0.168 e. The van der Waals surface area contributed by atoms with Crippen LogP contribution in [0.4, 0.5) is 11.4 Å². The number of nitrogens with zero attached hydrogens (tertiary/aromatic N) is 6.